The molecule has 0 saturated carbocycles. The van der Waals surface area contributed by atoms with Gasteiger partial charge < -0.3 is 14.6 Å². The average Bonchev–Trinajstić information content (AvgIpc) is 2.89. The van der Waals surface area contributed by atoms with Crippen LogP contribution < -0.4 is 10.1 Å². The lowest BCUT2D eigenvalue weighted by Gasteiger charge is -2.08. The first-order chi connectivity index (χ1) is 9.69. The highest BCUT2D eigenvalue weighted by Gasteiger charge is 2.06. The molecule has 0 radical (unpaired) electrons. The van der Waals surface area contributed by atoms with E-state index in [-0.39, 0.29) is 5.91 Å². The first-order valence-corrected chi connectivity index (χ1v) is 6.68. The van der Waals surface area contributed by atoms with E-state index in [0.29, 0.717) is 19.4 Å². The fraction of sp³-hybridized carbons (Fsp3) is 0.312. The third-order valence-electron chi connectivity index (χ3n) is 3.20. The minimum absolute atomic E-state index is 0.0553. The van der Waals surface area contributed by atoms with Crippen LogP contribution in [0.25, 0.3) is 0 Å². The Morgan fingerprint density at radius 1 is 1.30 bits per heavy atom. The Morgan fingerprint density at radius 2 is 2.10 bits per heavy atom. The number of carbonyl (C=O) groups is 1. The first-order valence-electron chi connectivity index (χ1n) is 6.68. The molecule has 2 aromatic rings. The monoisotopic (exact) mass is 272 g/mol. The lowest BCUT2D eigenvalue weighted by molar-refractivity contribution is -0.121. The quantitative estimate of drug-likeness (QED) is 0.876. The minimum Gasteiger partial charge on any atom is -0.496 e. The van der Waals surface area contributed by atoms with E-state index in [2.05, 4.69) is 5.32 Å². The maximum absolute atomic E-state index is 11.8. The zero-order chi connectivity index (χ0) is 14.4. The van der Waals surface area contributed by atoms with Crippen molar-refractivity contribution >= 4 is 5.91 Å². The Labute approximate surface area is 119 Å². The number of hydrogen-bond acceptors (Lipinski definition) is 2. The van der Waals surface area contributed by atoms with E-state index in [9.17, 15) is 4.79 Å². The number of aromatic nitrogens is 1. The number of nitrogens with zero attached hydrogens (tertiary/aromatic N) is 1. The molecule has 1 heterocycles. The van der Waals surface area contributed by atoms with E-state index in [1.165, 1.54) is 0 Å². The topological polar surface area (TPSA) is 43.3 Å². The molecule has 0 unspecified atom stereocenters. The summed E-state index contributed by atoms with van der Waals surface area (Å²) in [4.78, 5) is 11.8. The van der Waals surface area contributed by atoms with Crippen LogP contribution in [0.1, 0.15) is 17.5 Å². The molecule has 4 nitrogen and oxygen atoms in total. The summed E-state index contributed by atoms with van der Waals surface area (Å²) in [6.45, 7) is 0.575. The van der Waals surface area contributed by atoms with Gasteiger partial charge in [-0.15, -0.1) is 0 Å². The number of methoxy groups -OCH3 is 1. The SMILES string of the molecule is COc1ccccc1CCC(=O)NCc1ccn(C)c1. The zero-order valence-corrected chi connectivity index (χ0v) is 11.9. The highest BCUT2D eigenvalue weighted by atomic mass is 16.5. The van der Waals surface area contributed by atoms with Gasteiger partial charge in [-0.2, -0.15) is 0 Å². The summed E-state index contributed by atoms with van der Waals surface area (Å²) in [7, 11) is 3.61. The van der Waals surface area contributed by atoms with Gasteiger partial charge in [-0.05, 0) is 29.7 Å². The second kappa shape index (κ2) is 6.80. The molecule has 0 aliphatic rings. The highest BCUT2D eigenvalue weighted by molar-refractivity contribution is 5.76. The van der Waals surface area contributed by atoms with E-state index in [0.717, 1.165) is 16.9 Å². The molecule has 20 heavy (non-hydrogen) atoms. The number of para-hydroxylation sites is 1. The predicted molar refractivity (Wildman–Crippen MR) is 78.6 cm³/mol. The Hall–Kier alpha value is -2.23. The molecule has 0 spiro atoms. The second-order valence-electron chi connectivity index (χ2n) is 4.77. The average molecular weight is 272 g/mol. The highest BCUT2D eigenvalue weighted by Crippen LogP contribution is 2.18. The molecule has 106 valence electrons. The summed E-state index contributed by atoms with van der Waals surface area (Å²) in [5.41, 5.74) is 2.17. The van der Waals surface area contributed by atoms with Gasteiger partial charge in [-0.1, -0.05) is 18.2 Å². The lowest BCUT2D eigenvalue weighted by Crippen LogP contribution is -2.22. The van der Waals surface area contributed by atoms with Crippen LogP contribution in [0, 0.1) is 0 Å². The summed E-state index contributed by atoms with van der Waals surface area (Å²) in [5.74, 6) is 0.892. The molecule has 1 aromatic carbocycles. The Bertz CT molecular complexity index is 575. The van der Waals surface area contributed by atoms with Crippen molar-refractivity contribution in [2.24, 2.45) is 7.05 Å². The number of aryl methyl sites for hydroxylation is 2. The number of nitrogens with one attached hydrogen (secondary N) is 1. The molecule has 0 atom stereocenters. The summed E-state index contributed by atoms with van der Waals surface area (Å²) in [6, 6.07) is 9.79. The Balaban J connectivity index is 1.80. The zero-order valence-electron chi connectivity index (χ0n) is 11.9. The molecule has 1 aromatic heterocycles. The van der Waals surface area contributed by atoms with E-state index in [1.807, 2.05) is 54.3 Å². The Kier molecular flexibility index (Phi) is 4.82. The normalized spacial score (nSPS) is 10.3. The van der Waals surface area contributed by atoms with Gasteiger partial charge in [0.05, 0.1) is 7.11 Å². The summed E-state index contributed by atoms with van der Waals surface area (Å²) >= 11 is 0. The van der Waals surface area contributed by atoms with Crippen LogP contribution in [0.5, 0.6) is 5.75 Å². The standard InChI is InChI=1S/C16H20N2O2/c1-18-10-9-13(12-18)11-17-16(19)8-7-14-5-3-4-6-15(14)20-2/h3-6,9-10,12H,7-8,11H2,1-2H3,(H,17,19). The van der Waals surface area contributed by atoms with Gasteiger partial charge in [0.15, 0.2) is 0 Å². The van der Waals surface area contributed by atoms with Crippen LogP contribution in [-0.4, -0.2) is 17.6 Å². The maximum atomic E-state index is 11.8. The molecule has 0 bridgehead atoms. The van der Waals surface area contributed by atoms with Crippen LogP contribution in [0.4, 0.5) is 0 Å². The minimum atomic E-state index is 0.0553. The third kappa shape index (κ3) is 3.88. The summed E-state index contributed by atoms with van der Waals surface area (Å²) in [5, 5.41) is 2.93. The first kappa shape index (κ1) is 14.2. The van der Waals surface area contributed by atoms with Gasteiger partial charge in [-0.25, -0.2) is 0 Å². The van der Waals surface area contributed by atoms with Crippen molar-refractivity contribution in [2.45, 2.75) is 19.4 Å². The number of ether oxygens (including phenoxy) is 1. The van der Waals surface area contributed by atoms with E-state index < -0.39 is 0 Å². The van der Waals surface area contributed by atoms with Gasteiger partial charge in [0, 0.05) is 32.4 Å². The molecule has 0 fully saturated rings. The van der Waals surface area contributed by atoms with Gasteiger partial charge in [-0.3, -0.25) is 4.79 Å². The third-order valence-corrected chi connectivity index (χ3v) is 3.20. The van der Waals surface area contributed by atoms with Crippen molar-refractivity contribution in [3.63, 3.8) is 0 Å². The van der Waals surface area contributed by atoms with Crippen molar-refractivity contribution in [3.8, 4) is 5.75 Å². The van der Waals surface area contributed by atoms with Gasteiger partial charge in [0.25, 0.3) is 0 Å². The molecule has 2 rings (SSSR count). The van der Waals surface area contributed by atoms with E-state index in [1.54, 1.807) is 7.11 Å². The van der Waals surface area contributed by atoms with Gasteiger partial charge in [0.2, 0.25) is 5.91 Å². The Morgan fingerprint density at radius 3 is 2.80 bits per heavy atom. The maximum Gasteiger partial charge on any atom is 0.220 e. The van der Waals surface area contributed by atoms with Crippen LogP contribution in [0.2, 0.25) is 0 Å². The molecule has 1 N–H and O–H groups in total. The van der Waals surface area contributed by atoms with Crippen molar-refractivity contribution in [1.29, 1.82) is 0 Å². The van der Waals surface area contributed by atoms with Gasteiger partial charge >= 0.3 is 0 Å². The van der Waals surface area contributed by atoms with Crippen molar-refractivity contribution in [3.05, 3.63) is 53.9 Å². The molecule has 0 aliphatic carbocycles. The van der Waals surface area contributed by atoms with Crippen LogP contribution in [0.3, 0.4) is 0 Å². The largest absolute Gasteiger partial charge is 0.496 e. The molecule has 0 saturated heterocycles. The van der Waals surface area contributed by atoms with Gasteiger partial charge in [0.1, 0.15) is 5.75 Å². The number of hydrogen-bond donors (Lipinski definition) is 1. The van der Waals surface area contributed by atoms with Crippen molar-refractivity contribution in [1.82, 2.24) is 9.88 Å². The summed E-state index contributed by atoms with van der Waals surface area (Å²) in [6.07, 6.45) is 5.12. The molecule has 4 heteroatoms. The van der Waals surface area contributed by atoms with E-state index in [4.69, 9.17) is 4.74 Å². The number of rotatable bonds is 6. The molecule has 1 amide bonds. The van der Waals surface area contributed by atoms with Crippen LogP contribution in [-0.2, 0) is 24.8 Å². The number of benzene rings is 1. The smallest absolute Gasteiger partial charge is 0.220 e. The molecule has 0 aliphatic heterocycles. The van der Waals surface area contributed by atoms with E-state index >= 15 is 0 Å². The lowest BCUT2D eigenvalue weighted by atomic mass is 10.1. The number of carbonyl (C=O) groups excluding carboxylic acids is 1. The number of amides is 1. The fourth-order valence-electron chi connectivity index (χ4n) is 2.11. The predicted octanol–water partition coefficient (Wildman–Crippen LogP) is 2.28. The fourth-order valence-corrected chi connectivity index (χ4v) is 2.11. The van der Waals surface area contributed by atoms with Crippen molar-refractivity contribution < 1.29 is 9.53 Å². The molecular formula is C16H20N2O2. The second-order valence-corrected chi connectivity index (χ2v) is 4.77. The van der Waals surface area contributed by atoms with Crippen LogP contribution in [0.15, 0.2) is 42.7 Å². The summed E-state index contributed by atoms with van der Waals surface area (Å²) < 4.78 is 7.24. The van der Waals surface area contributed by atoms with Crippen LogP contribution >= 0.6 is 0 Å². The van der Waals surface area contributed by atoms with Crippen molar-refractivity contribution in [2.75, 3.05) is 7.11 Å². The molecular weight excluding hydrogens is 252 g/mol.